The van der Waals surface area contributed by atoms with Crippen molar-refractivity contribution in [2.45, 2.75) is 20.8 Å². The van der Waals surface area contributed by atoms with E-state index in [4.69, 9.17) is 11.6 Å². The van der Waals surface area contributed by atoms with E-state index in [9.17, 15) is 0 Å². The molecule has 0 radical (unpaired) electrons. The number of aromatic nitrogens is 4. The highest BCUT2D eigenvalue weighted by Gasteiger charge is 2.15. The molecule has 2 aromatic heterocycles. The van der Waals surface area contributed by atoms with E-state index in [-0.39, 0.29) is 0 Å². The summed E-state index contributed by atoms with van der Waals surface area (Å²) in [6.07, 6.45) is 0. The van der Waals surface area contributed by atoms with E-state index < -0.39 is 0 Å². The smallest absolute Gasteiger partial charge is 0.199 e. The fraction of sp³-hybridized carbons (Fsp3) is 0.214. The number of aryl methyl sites for hydroxylation is 3. The van der Waals surface area contributed by atoms with Crippen molar-refractivity contribution in [1.29, 1.82) is 0 Å². The molecule has 0 aliphatic rings. The zero-order chi connectivity index (χ0) is 14.4. The minimum Gasteiger partial charge on any atom is -0.275 e. The third-order valence-corrected chi connectivity index (χ3v) is 4.51. The van der Waals surface area contributed by atoms with Crippen LogP contribution in [0.4, 0.5) is 0 Å². The predicted molar refractivity (Wildman–Crippen MR) is 83.1 cm³/mol. The van der Waals surface area contributed by atoms with Gasteiger partial charge in [0.1, 0.15) is 0 Å². The molecular formula is C14H12BrClN4. The number of hydrogen-bond acceptors (Lipinski definition) is 3. The zero-order valence-corrected chi connectivity index (χ0v) is 13.6. The van der Waals surface area contributed by atoms with Gasteiger partial charge in [0.2, 0.25) is 0 Å². The molecular weight excluding hydrogens is 340 g/mol. The molecule has 3 aromatic rings. The largest absolute Gasteiger partial charge is 0.275 e. The Morgan fingerprint density at radius 3 is 2.60 bits per heavy atom. The number of benzene rings is 1. The molecule has 0 unspecified atom stereocenters. The minimum absolute atomic E-state index is 0.373. The zero-order valence-electron chi connectivity index (χ0n) is 11.3. The monoisotopic (exact) mass is 350 g/mol. The summed E-state index contributed by atoms with van der Waals surface area (Å²) in [5, 5.41) is 8.79. The third kappa shape index (κ3) is 2.01. The second-order valence-electron chi connectivity index (χ2n) is 4.72. The first-order chi connectivity index (χ1) is 9.49. The molecule has 2 heterocycles. The number of fused-ring (bicyclic) bond motifs is 1. The molecule has 0 N–H and O–H groups in total. The van der Waals surface area contributed by atoms with Gasteiger partial charge in [0.15, 0.2) is 16.6 Å². The Balaban J connectivity index is 2.34. The summed E-state index contributed by atoms with van der Waals surface area (Å²) in [6, 6.07) is 6.11. The summed E-state index contributed by atoms with van der Waals surface area (Å²) in [7, 11) is 0. The lowest BCUT2D eigenvalue weighted by Gasteiger charge is -2.08. The Labute approximate surface area is 129 Å². The summed E-state index contributed by atoms with van der Waals surface area (Å²) in [4.78, 5) is 4.27. The Hall–Kier alpha value is -1.46. The average molecular weight is 352 g/mol. The van der Waals surface area contributed by atoms with Crippen LogP contribution in [0.15, 0.2) is 22.7 Å². The maximum Gasteiger partial charge on any atom is 0.199 e. The summed E-state index contributed by atoms with van der Waals surface area (Å²) in [5.41, 5.74) is 4.60. The first kappa shape index (κ1) is 13.5. The molecule has 102 valence electrons. The van der Waals surface area contributed by atoms with E-state index in [2.05, 4.69) is 31.1 Å². The fourth-order valence-electron chi connectivity index (χ4n) is 2.09. The van der Waals surface area contributed by atoms with Gasteiger partial charge in [0.25, 0.3) is 0 Å². The van der Waals surface area contributed by atoms with Gasteiger partial charge < -0.3 is 0 Å². The standard InChI is InChI=1S/C14H12BrClN4/c1-7-4-5-10(6-11(7)15)13-18-19-14-12(16)17-8(2)9(3)20(13)14/h4-6H,1-3H3. The molecule has 0 saturated heterocycles. The van der Waals surface area contributed by atoms with Gasteiger partial charge in [-0.05, 0) is 32.4 Å². The topological polar surface area (TPSA) is 43.1 Å². The van der Waals surface area contributed by atoms with Crippen molar-refractivity contribution >= 4 is 33.2 Å². The maximum absolute atomic E-state index is 6.15. The van der Waals surface area contributed by atoms with Crippen LogP contribution in [0.25, 0.3) is 17.0 Å². The van der Waals surface area contributed by atoms with Crippen LogP contribution in [0, 0.1) is 20.8 Å². The lowest BCUT2D eigenvalue weighted by Crippen LogP contribution is -2.01. The molecule has 0 aliphatic heterocycles. The number of halogens is 2. The van der Waals surface area contributed by atoms with E-state index in [1.165, 1.54) is 5.56 Å². The molecule has 4 nitrogen and oxygen atoms in total. The Morgan fingerprint density at radius 2 is 1.90 bits per heavy atom. The van der Waals surface area contributed by atoms with Gasteiger partial charge in [0.05, 0.1) is 5.69 Å². The molecule has 0 amide bonds. The highest BCUT2D eigenvalue weighted by molar-refractivity contribution is 9.10. The quantitative estimate of drug-likeness (QED) is 0.662. The van der Waals surface area contributed by atoms with Crippen molar-refractivity contribution < 1.29 is 0 Å². The molecule has 0 aliphatic carbocycles. The SMILES string of the molecule is Cc1ccc(-c2nnc3c(Cl)nc(C)c(C)n23)cc1Br. The summed E-state index contributed by atoms with van der Waals surface area (Å²) < 4.78 is 2.99. The minimum atomic E-state index is 0.373. The third-order valence-electron chi connectivity index (χ3n) is 3.40. The van der Waals surface area contributed by atoms with E-state index in [1.807, 2.05) is 43.4 Å². The van der Waals surface area contributed by atoms with Crippen LogP contribution in [0.5, 0.6) is 0 Å². The van der Waals surface area contributed by atoms with E-state index in [0.717, 1.165) is 27.2 Å². The Bertz CT molecular complexity index is 826. The summed E-state index contributed by atoms with van der Waals surface area (Å²) in [5.74, 6) is 0.769. The lowest BCUT2D eigenvalue weighted by atomic mass is 10.1. The number of rotatable bonds is 1. The van der Waals surface area contributed by atoms with Crippen LogP contribution in [-0.4, -0.2) is 19.6 Å². The van der Waals surface area contributed by atoms with Crippen LogP contribution >= 0.6 is 27.5 Å². The molecule has 0 bridgehead atoms. The molecule has 3 rings (SSSR count). The summed E-state index contributed by atoms with van der Waals surface area (Å²) >= 11 is 9.70. The van der Waals surface area contributed by atoms with Gasteiger partial charge >= 0.3 is 0 Å². The molecule has 6 heteroatoms. The van der Waals surface area contributed by atoms with Gasteiger partial charge in [-0.1, -0.05) is 39.7 Å². The van der Waals surface area contributed by atoms with Gasteiger partial charge in [0, 0.05) is 15.7 Å². The van der Waals surface area contributed by atoms with Crippen LogP contribution in [0.3, 0.4) is 0 Å². The van der Waals surface area contributed by atoms with Crippen molar-refractivity contribution in [3.8, 4) is 11.4 Å². The van der Waals surface area contributed by atoms with Crippen molar-refractivity contribution in [2.24, 2.45) is 0 Å². The normalized spacial score (nSPS) is 11.2. The molecule has 0 saturated carbocycles. The first-order valence-corrected chi connectivity index (χ1v) is 7.30. The molecule has 0 spiro atoms. The number of nitrogens with zero attached hydrogens (tertiary/aromatic N) is 4. The van der Waals surface area contributed by atoms with Crippen molar-refractivity contribution in [3.63, 3.8) is 0 Å². The van der Waals surface area contributed by atoms with Crippen molar-refractivity contribution in [1.82, 2.24) is 19.6 Å². The Kier molecular flexibility index (Phi) is 3.26. The Morgan fingerprint density at radius 1 is 1.15 bits per heavy atom. The van der Waals surface area contributed by atoms with Crippen LogP contribution < -0.4 is 0 Å². The van der Waals surface area contributed by atoms with Crippen molar-refractivity contribution in [2.75, 3.05) is 0 Å². The average Bonchev–Trinajstić information content (AvgIpc) is 2.85. The maximum atomic E-state index is 6.15. The van der Waals surface area contributed by atoms with Gasteiger partial charge in [-0.15, -0.1) is 10.2 Å². The predicted octanol–water partition coefficient (Wildman–Crippen LogP) is 4.13. The molecule has 1 aromatic carbocycles. The van der Waals surface area contributed by atoms with E-state index in [1.54, 1.807) is 0 Å². The van der Waals surface area contributed by atoms with Crippen LogP contribution in [0.2, 0.25) is 5.15 Å². The van der Waals surface area contributed by atoms with Gasteiger partial charge in [-0.2, -0.15) is 0 Å². The highest BCUT2D eigenvalue weighted by atomic mass is 79.9. The van der Waals surface area contributed by atoms with Crippen LogP contribution in [0.1, 0.15) is 17.0 Å². The van der Waals surface area contributed by atoms with Gasteiger partial charge in [-0.25, -0.2) is 4.98 Å². The molecule has 20 heavy (non-hydrogen) atoms. The van der Waals surface area contributed by atoms with Gasteiger partial charge in [-0.3, -0.25) is 4.40 Å². The lowest BCUT2D eigenvalue weighted by molar-refractivity contribution is 1.000. The second-order valence-corrected chi connectivity index (χ2v) is 5.93. The van der Waals surface area contributed by atoms with E-state index in [0.29, 0.717) is 10.8 Å². The fourth-order valence-corrected chi connectivity index (χ4v) is 2.72. The van der Waals surface area contributed by atoms with Crippen molar-refractivity contribution in [3.05, 3.63) is 44.8 Å². The van der Waals surface area contributed by atoms with Crippen LogP contribution in [-0.2, 0) is 0 Å². The highest BCUT2D eigenvalue weighted by Crippen LogP contribution is 2.27. The first-order valence-electron chi connectivity index (χ1n) is 6.13. The van der Waals surface area contributed by atoms with E-state index >= 15 is 0 Å². The summed E-state index contributed by atoms with van der Waals surface area (Å²) in [6.45, 7) is 5.96. The molecule has 0 fully saturated rings. The molecule has 0 atom stereocenters. The number of hydrogen-bond donors (Lipinski definition) is 0. The second kappa shape index (κ2) is 4.82.